The number of nitrogens with one attached hydrogen (secondary N) is 1. The van der Waals surface area contributed by atoms with E-state index in [1.165, 1.54) is 25.4 Å². The minimum atomic E-state index is -5.05. The Morgan fingerprint density at radius 2 is 2.03 bits per heavy atom. The second-order valence-corrected chi connectivity index (χ2v) is 10.2. The number of thiazole rings is 1. The van der Waals surface area contributed by atoms with Crippen molar-refractivity contribution in [2.75, 3.05) is 5.73 Å². The van der Waals surface area contributed by atoms with Crippen molar-refractivity contribution in [1.82, 2.24) is 29.6 Å². The average Bonchev–Trinajstić information content (AvgIpc) is 3.43. The van der Waals surface area contributed by atoms with E-state index >= 15 is 0 Å². The third kappa shape index (κ3) is 6.30. The highest BCUT2D eigenvalue weighted by atomic mass is 32.2. The number of rotatable bonds is 11. The minimum Gasteiger partial charge on any atom is -0.478 e. The summed E-state index contributed by atoms with van der Waals surface area (Å²) < 4.78 is 37.7. The molecular weight excluding hydrogens is 554 g/mol. The minimum absolute atomic E-state index is 0.0361. The largest absolute Gasteiger partial charge is 0.478 e. The molecule has 3 rings (SSSR count). The maximum atomic E-state index is 13.1. The number of hydrogen-bond donors (Lipinski definition) is 5. The molecule has 0 radical (unpaired) electrons. The third-order valence-electron chi connectivity index (χ3n) is 4.86. The Kier molecular flexibility index (Phi) is 7.83. The first-order valence-corrected chi connectivity index (χ1v) is 12.5. The van der Waals surface area contributed by atoms with Crippen molar-refractivity contribution in [2.45, 2.75) is 44.7 Å². The SMILES string of the molecule is CC(C)(ON=C(C(=O)N[C@@H]1C(=O)N(S(=O)(=O)O)[C@H]1Cn1ncc(COC(N)=O)n1)c1csc(N)n1)C(=O)O. The Labute approximate surface area is 217 Å². The topological polar surface area (TPSA) is 285 Å². The first-order chi connectivity index (χ1) is 17.6. The summed E-state index contributed by atoms with van der Waals surface area (Å²) in [4.78, 5) is 57.5. The van der Waals surface area contributed by atoms with E-state index in [1.807, 2.05) is 0 Å². The second kappa shape index (κ2) is 10.5. The molecule has 0 bridgehead atoms. The predicted octanol–water partition coefficient (Wildman–Crippen LogP) is -2.31. The summed E-state index contributed by atoms with van der Waals surface area (Å²) in [6, 6.07) is -2.94. The van der Waals surface area contributed by atoms with Crippen molar-refractivity contribution < 1.29 is 46.8 Å². The van der Waals surface area contributed by atoms with E-state index < -0.39 is 64.1 Å². The fourth-order valence-corrected chi connectivity index (χ4v) is 4.37. The maximum Gasteiger partial charge on any atom is 0.404 e. The van der Waals surface area contributed by atoms with Gasteiger partial charge in [0.2, 0.25) is 5.60 Å². The van der Waals surface area contributed by atoms with Crippen molar-refractivity contribution in [3.8, 4) is 0 Å². The highest BCUT2D eigenvalue weighted by molar-refractivity contribution is 7.84. The number of ether oxygens (including phenoxy) is 1. The number of hydrogen-bond acceptors (Lipinski definition) is 14. The maximum absolute atomic E-state index is 13.1. The number of aliphatic carboxylic acids is 1. The monoisotopic (exact) mass is 575 g/mol. The zero-order chi connectivity index (χ0) is 28.4. The second-order valence-electron chi connectivity index (χ2n) is 8.05. The molecule has 7 N–H and O–H groups in total. The van der Waals surface area contributed by atoms with Crippen LogP contribution < -0.4 is 16.8 Å². The number of carbonyl (C=O) groups excluding carboxylic acids is 3. The average molecular weight is 576 g/mol. The number of nitrogen functional groups attached to an aromatic ring is 1. The molecule has 0 aliphatic carbocycles. The van der Waals surface area contributed by atoms with Crippen LogP contribution in [-0.4, -0.2) is 89.6 Å². The molecule has 206 valence electrons. The van der Waals surface area contributed by atoms with E-state index in [0.717, 1.165) is 16.1 Å². The van der Waals surface area contributed by atoms with Crippen LogP contribution in [0.3, 0.4) is 0 Å². The van der Waals surface area contributed by atoms with Gasteiger partial charge in [0, 0.05) is 5.38 Å². The van der Waals surface area contributed by atoms with Gasteiger partial charge in [-0.2, -0.15) is 23.4 Å². The number of β-lactam (4-membered cyclic amide) rings is 1. The molecule has 1 fully saturated rings. The van der Waals surface area contributed by atoms with Crippen molar-refractivity contribution in [1.29, 1.82) is 0 Å². The van der Waals surface area contributed by atoms with Gasteiger partial charge < -0.3 is 31.5 Å². The third-order valence-corrected chi connectivity index (χ3v) is 6.48. The molecule has 38 heavy (non-hydrogen) atoms. The lowest BCUT2D eigenvalue weighted by Crippen LogP contribution is -2.73. The summed E-state index contributed by atoms with van der Waals surface area (Å²) in [7, 11) is -5.05. The summed E-state index contributed by atoms with van der Waals surface area (Å²) in [5.74, 6) is -3.69. The zero-order valence-corrected chi connectivity index (χ0v) is 21.2. The number of aromatic nitrogens is 4. The van der Waals surface area contributed by atoms with Crippen LogP contribution in [-0.2, 0) is 47.4 Å². The number of carbonyl (C=O) groups is 4. The summed E-state index contributed by atoms with van der Waals surface area (Å²) in [6.45, 7) is 1.55. The van der Waals surface area contributed by atoms with Gasteiger partial charge in [0.15, 0.2) is 10.8 Å². The molecule has 2 aromatic rings. The van der Waals surface area contributed by atoms with Gasteiger partial charge in [-0.1, -0.05) is 5.16 Å². The lowest BCUT2D eigenvalue weighted by atomic mass is 9.98. The van der Waals surface area contributed by atoms with Crippen LogP contribution in [0.5, 0.6) is 0 Å². The molecule has 0 spiro atoms. The lowest BCUT2D eigenvalue weighted by molar-refractivity contribution is -0.161. The molecule has 0 saturated carbocycles. The smallest absolute Gasteiger partial charge is 0.404 e. The van der Waals surface area contributed by atoms with Gasteiger partial charge in [0.05, 0.1) is 12.7 Å². The zero-order valence-electron chi connectivity index (χ0n) is 19.5. The number of anilines is 1. The van der Waals surface area contributed by atoms with Crippen LogP contribution in [0.2, 0.25) is 0 Å². The Morgan fingerprint density at radius 1 is 1.34 bits per heavy atom. The van der Waals surface area contributed by atoms with Gasteiger partial charge in [0.1, 0.15) is 30.1 Å². The number of amides is 3. The van der Waals surface area contributed by atoms with Crippen LogP contribution in [0, 0.1) is 0 Å². The van der Waals surface area contributed by atoms with E-state index in [4.69, 9.17) is 16.3 Å². The van der Waals surface area contributed by atoms with Gasteiger partial charge in [-0.25, -0.2) is 18.9 Å². The summed E-state index contributed by atoms with van der Waals surface area (Å²) in [5, 5.41) is 24.2. The highest BCUT2D eigenvalue weighted by Gasteiger charge is 2.54. The Bertz CT molecular complexity index is 1400. The van der Waals surface area contributed by atoms with E-state index in [-0.39, 0.29) is 27.4 Å². The molecular formula is C17H21N9O10S2. The summed E-state index contributed by atoms with van der Waals surface area (Å²) >= 11 is 0.930. The van der Waals surface area contributed by atoms with E-state index in [9.17, 15) is 37.3 Å². The molecule has 19 nitrogen and oxygen atoms in total. The van der Waals surface area contributed by atoms with Gasteiger partial charge in [-0.3, -0.25) is 14.1 Å². The quantitative estimate of drug-likeness (QED) is 0.0815. The number of nitrogens with two attached hydrogens (primary N) is 2. The first-order valence-electron chi connectivity index (χ1n) is 10.2. The van der Waals surface area contributed by atoms with E-state index in [1.54, 1.807) is 0 Å². The number of carboxylic acid groups (broad SMARTS) is 1. The molecule has 1 aliphatic rings. The molecule has 3 heterocycles. The standard InChI is InChI=1S/C17H21N9O10S2/c1-17(2,14(29)30)36-24-10(8-6-37-15(18)21-8)12(27)22-11-9(26(13(11)28)38(32,33)34)4-25-20-3-7(23-25)5-35-16(19)31/h3,6,9,11H,4-5H2,1-2H3,(H2,18,21)(H2,19,31)(H,22,27)(H,29,30)(H,32,33,34)/t9-,11-/m0/s1. The molecule has 2 aromatic heterocycles. The highest BCUT2D eigenvalue weighted by Crippen LogP contribution is 2.25. The fourth-order valence-electron chi connectivity index (χ4n) is 2.95. The number of oxime groups is 1. The van der Waals surface area contributed by atoms with Crippen molar-refractivity contribution in [3.63, 3.8) is 0 Å². The van der Waals surface area contributed by atoms with Crippen LogP contribution in [0.4, 0.5) is 9.93 Å². The molecule has 2 atom stereocenters. The molecule has 3 amide bonds. The van der Waals surface area contributed by atoms with Gasteiger partial charge >= 0.3 is 22.4 Å². The van der Waals surface area contributed by atoms with Crippen LogP contribution in [0.25, 0.3) is 0 Å². The first kappa shape index (κ1) is 28.2. The van der Waals surface area contributed by atoms with Crippen molar-refractivity contribution >= 4 is 56.4 Å². The Hall–Kier alpha value is -4.37. The summed E-state index contributed by atoms with van der Waals surface area (Å²) in [5.41, 5.74) is 8.07. The Balaban J connectivity index is 1.85. The molecule has 1 aliphatic heterocycles. The molecule has 21 heteroatoms. The molecule has 0 aromatic carbocycles. The van der Waals surface area contributed by atoms with Gasteiger partial charge in [0.25, 0.3) is 11.8 Å². The van der Waals surface area contributed by atoms with Crippen molar-refractivity contribution in [3.05, 3.63) is 23.0 Å². The van der Waals surface area contributed by atoms with Crippen LogP contribution in [0.1, 0.15) is 25.2 Å². The number of carboxylic acids is 1. The summed E-state index contributed by atoms with van der Waals surface area (Å²) in [6.07, 6.45) is 0.104. The lowest BCUT2D eigenvalue weighted by Gasteiger charge is -2.43. The van der Waals surface area contributed by atoms with Gasteiger partial charge in [-0.15, -0.1) is 11.3 Å². The number of primary amides is 1. The number of nitrogens with zero attached hydrogens (tertiary/aromatic N) is 6. The fraction of sp³-hybridized carbons (Fsp3) is 0.412. The Morgan fingerprint density at radius 3 is 2.58 bits per heavy atom. The van der Waals surface area contributed by atoms with E-state index in [2.05, 4.69) is 30.4 Å². The van der Waals surface area contributed by atoms with Crippen LogP contribution >= 0.6 is 11.3 Å². The molecule has 1 saturated heterocycles. The normalized spacial score (nSPS) is 18.0. The predicted molar refractivity (Wildman–Crippen MR) is 124 cm³/mol. The van der Waals surface area contributed by atoms with Gasteiger partial charge in [-0.05, 0) is 13.8 Å². The van der Waals surface area contributed by atoms with Crippen molar-refractivity contribution in [2.24, 2.45) is 10.9 Å². The molecule has 0 unspecified atom stereocenters. The van der Waals surface area contributed by atoms with Crippen LogP contribution in [0.15, 0.2) is 16.7 Å². The van der Waals surface area contributed by atoms with E-state index in [0.29, 0.717) is 0 Å².